The largest absolute Gasteiger partial charge is 0.214 e. The molecule has 0 saturated heterocycles. The zero-order valence-electron chi connectivity index (χ0n) is 6.64. The average molecular weight is 244 g/mol. The van der Waals surface area contributed by atoms with Gasteiger partial charge in [0.25, 0.3) is 0 Å². The van der Waals surface area contributed by atoms with E-state index in [1.165, 1.54) is 0 Å². The molecule has 0 aromatic rings. The molecule has 1 N–H and O–H groups in total. The van der Waals surface area contributed by atoms with Crippen molar-refractivity contribution in [1.82, 2.24) is 4.72 Å². The smallest absolute Gasteiger partial charge is 0.211 e. The summed E-state index contributed by atoms with van der Waals surface area (Å²) in [7, 11) is -2.99. The number of hydrogen-bond acceptors (Lipinski definition) is 2. The third-order valence-corrected chi connectivity index (χ3v) is 3.05. The van der Waals surface area contributed by atoms with Crippen LogP contribution in [-0.4, -0.2) is 26.0 Å². The molecule has 0 aromatic heterocycles. The summed E-state index contributed by atoms with van der Waals surface area (Å²) in [6, 6.07) is 0. The molecule has 0 fully saturated rings. The molecule has 0 aromatic carbocycles. The molecule has 0 aliphatic carbocycles. The highest BCUT2D eigenvalue weighted by Gasteiger charge is 2.06. The molecule has 0 amide bonds. The monoisotopic (exact) mass is 243 g/mol. The Labute approximate surface area is 76.7 Å². The molecule has 0 rings (SSSR count). The molecule has 68 valence electrons. The number of sulfonamides is 1. The van der Waals surface area contributed by atoms with Crippen LogP contribution in [0.5, 0.6) is 0 Å². The van der Waals surface area contributed by atoms with Crippen molar-refractivity contribution in [3.8, 4) is 0 Å². The summed E-state index contributed by atoms with van der Waals surface area (Å²) in [4.78, 5) is 0. The highest BCUT2D eigenvalue weighted by atomic mass is 79.9. The van der Waals surface area contributed by atoms with Crippen LogP contribution in [-0.2, 0) is 10.0 Å². The van der Waals surface area contributed by atoms with Gasteiger partial charge in [0.2, 0.25) is 10.0 Å². The molecule has 0 aliphatic heterocycles. The van der Waals surface area contributed by atoms with Crippen LogP contribution in [0.3, 0.4) is 0 Å². The number of halogens is 1. The number of nitrogens with one attached hydrogen (secondary N) is 1. The molecule has 0 saturated carbocycles. The summed E-state index contributed by atoms with van der Waals surface area (Å²) in [6.07, 6.45) is 1.65. The molecular weight excluding hydrogens is 230 g/mol. The van der Waals surface area contributed by atoms with Gasteiger partial charge in [-0.1, -0.05) is 29.3 Å². The van der Waals surface area contributed by atoms with E-state index in [1.807, 2.05) is 6.92 Å². The van der Waals surface area contributed by atoms with Gasteiger partial charge in [-0.2, -0.15) is 0 Å². The molecule has 0 radical (unpaired) electrons. The third-order valence-electron chi connectivity index (χ3n) is 1.18. The summed E-state index contributed by atoms with van der Waals surface area (Å²) < 4.78 is 24.5. The molecule has 11 heavy (non-hydrogen) atoms. The van der Waals surface area contributed by atoms with Gasteiger partial charge in [-0.15, -0.1) is 0 Å². The van der Waals surface area contributed by atoms with E-state index in [0.29, 0.717) is 11.9 Å². The first-order valence-electron chi connectivity index (χ1n) is 3.65. The van der Waals surface area contributed by atoms with E-state index in [2.05, 4.69) is 20.7 Å². The SMILES string of the molecule is CCCCS(=O)(=O)NCCBr. The standard InChI is InChI=1S/C6H14BrNO2S/c1-2-3-6-11(9,10)8-5-4-7/h8H,2-6H2,1H3. The van der Waals surface area contributed by atoms with Crippen molar-refractivity contribution in [2.24, 2.45) is 0 Å². The Morgan fingerprint density at radius 1 is 1.45 bits per heavy atom. The van der Waals surface area contributed by atoms with Gasteiger partial charge in [0.1, 0.15) is 0 Å². The zero-order valence-corrected chi connectivity index (χ0v) is 9.04. The van der Waals surface area contributed by atoms with Crippen molar-refractivity contribution in [2.75, 3.05) is 17.6 Å². The Hall–Kier alpha value is 0.390. The Bertz CT molecular complexity index is 165. The zero-order chi connectivity index (χ0) is 8.74. The highest BCUT2D eigenvalue weighted by molar-refractivity contribution is 9.09. The lowest BCUT2D eigenvalue weighted by molar-refractivity contribution is 0.581. The van der Waals surface area contributed by atoms with Gasteiger partial charge in [-0.3, -0.25) is 0 Å². The lowest BCUT2D eigenvalue weighted by Gasteiger charge is -2.02. The predicted octanol–water partition coefficient (Wildman–Crippen LogP) is 1.10. The number of hydrogen-bond donors (Lipinski definition) is 1. The van der Waals surface area contributed by atoms with Crippen molar-refractivity contribution in [3.63, 3.8) is 0 Å². The van der Waals surface area contributed by atoms with Gasteiger partial charge in [0, 0.05) is 11.9 Å². The normalized spacial score (nSPS) is 11.8. The Balaban J connectivity index is 3.63. The summed E-state index contributed by atoms with van der Waals surface area (Å²) in [5, 5.41) is 0.665. The fourth-order valence-electron chi connectivity index (χ4n) is 0.601. The lowest BCUT2D eigenvalue weighted by atomic mass is 10.4. The van der Waals surface area contributed by atoms with E-state index in [0.717, 1.165) is 12.8 Å². The topological polar surface area (TPSA) is 46.2 Å². The Kier molecular flexibility index (Phi) is 6.18. The Morgan fingerprint density at radius 2 is 2.09 bits per heavy atom. The van der Waals surface area contributed by atoms with Gasteiger partial charge in [-0.25, -0.2) is 13.1 Å². The summed E-state index contributed by atoms with van der Waals surface area (Å²) in [5.41, 5.74) is 0. The fourth-order valence-corrected chi connectivity index (χ4v) is 2.29. The van der Waals surface area contributed by atoms with E-state index >= 15 is 0 Å². The maximum Gasteiger partial charge on any atom is 0.211 e. The van der Waals surface area contributed by atoms with Crippen molar-refractivity contribution in [3.05, 3.63) is 0 Å². The predicted molar refractivity (Wildman–Crippen MR) is 50.5 cm³/mol. The van der Waals surface area contributed by atoms with E-state index in [1.54, 1.807) is 0 Å². The summed E-state index contributed by atoms with van der Waals surface area (Å²) in [6.45, 7) is 2.45. The average Bonchev–Trinajstić information content (AvgIpc) is 1.97. The first-order chi connectivity index (χ1) is 5.12. The van der Waals surface area contributed by atoms with E-state index in [-0.39, 0.29) is 5.75 Å². The van der Waals surface area contributed by atoms with Crippen LogP contribution in [0.2, 0.25) is 0 Å². The first-order valence-corrected chi connectivity index (χ1v) is 6.43. The van der Waals surface area contributed by atoms with Crippen molar-refractivity contribution < 1.29 is 8.42 Å². The number of unbranched alkanes of at least 4 members (excludes halogenated alkanes) is 1. The van der Waals surface area contributed by atoms with Crippen LogP contribution in [0.25, 0.3) is 0 Å². The van der Waals surface area contributed by atoms with Crippen LogP contribution in [0.1, 0.15) is 19.8 Å². The quantitative estimate of drug-likeness (QED) is 0.711. The number of rotatable bonds is 6. The minimum Gasteiger partial charge on any atom is -0.214 e. The van der Waals surface area contributed by atoms with Crippen molar-refractivity contribution >= 4 is 26.0 Å². The number of alkyl halides is 1. The maximum atomic E-state index is 11.0. The molecule has 0 aliphatic rings. The molecule has 0 bridgehead atoms. The van der Waals surface area contributed by atoms with Gasteiger partial charge < -0.3 is 0 Å². The molecule has 5 heteroatoms. The minimum absolute atomic E-state index is 0.247. The van der Waals surface area contributed by atoms with E-state index in [9.17, 15) is 8.42 Å². The second-order valence-corrected chi connectivity index (χ2v) is 4.98. The van der Waals surface area contributed by atoms with Crippen LogP contribution < -0.4 is 4.72 Å². The minimum atomic E-state index is -2.99. The summed E-state index contributed by atoms with van der Waals surface area (Å²) >= 11 is 3.14. The fraction of sp³-hybridized carbons (Fsp3) is 1.00. The molecule has 0 heterocycles. The van der Waals surface area contributed by atoms with Gasteiger partial charge in [0.15, 0.2) is 0 Å². The van der Waals surface area contributed by atoms with Crippen LogP contribution in [0.4, 0.5) is 0 Å². The molecule has 0 spiro atoms. The van der Waals surface area contributed by atoms with Crippen molar-refractivity contribution in [2.45, 2.75) is 19.8 Å². The third kappa shape index (κ3) is 6.77. The second-order valence-electron chi connectivity index (χ2n) is 2.26. The molecule has 0 atom stereocenters. The Morgan fingerprint density at radius 3 is 2.55 bits per heavy atom. The van der Waals surface area contributed by atoms with E-state index in [4.69, 9.17) is 0 Å². The first kappa shape index (κ1) is 11.4. The van der Waals surface area contributed by atoms with Gasteiger partial charge >= 0.3 is 0 Å². The van der Waals surface area contributed by atoms with Crippen LogP contribution in [0, 0.1) is 0 Å². The highest BCUT2D eigenvalue weighted by Crippen LogP contribution is 1.92. The molecular formula is C6H14BrNO2S. The van der Waals surface area contributed by atoms with E-state index < -0.39 is 10.0 Å². The van der Waals surface area contributed by atoms with Crippen molar-refractivity contribution in [1.29, 1.82) is 0 Å². The lowest BCUT2D eigenvalue weighted by Crippen LogP contribution is -2.27. The van der Waals surface area contributed by atoms with Gasteiger partial charge in [0.05, 0.1) is 5.75 Å². The molecule has 0 unspecified atom stereocenters. The molecule has 3 nitrogen and oxygen atoms in total. The second kappa shape index (κ2) is 5.97. The summed E-state index contributed by atoms with van der Waals surface area (Å²) in [5.74, 6) is 0.247. The maximum absolute atomic E-state index is 11.0. The van der Waals surface area contributed by atoms with Gasteiger partial charge in [-0.05, 0) is 6.42 Å². The van der Waals surface area contributed by atoms with Crippen LogP contribution >= 0.6 is 15.9 Å². The van der Waals surface area contributed by atoms with Crippen LogP contribution in [0.15, 0.2) is 0 Å².